The van der Waals surface area contributed by atoms with Crippen LogP contribution in [-0.2, 0) is 12.8 Å². The standard InChI is InChI=1S/C57H46.C2H6/c1-5-8-19-37(7-3)36(4)41(18-6-2)54-48-25-14-15-26-49(48)55(45-24-13-12-23-42(45)38-20-10-9-11-21-38)56-50-29-17-28-47-44(34-35-51(53(47)50)57(54)56)43-33-32-40-31-30-39-22-16-27-46(43)52(39)40;1-2/h5-6,8-29,32-35H,7,30-31H2,1-4H3;1-2H3/b8-5-,18-6-,37-19+,41-36-;. The van der Waals surface area contributed by atoms with Gasteiger partial charge in [-0.3, -0.25) is 0 Å². The fourth-order valence-electron chi connectivity index (χ4n) is 10.1. The molecule has 8 aromatic carbocycles. The summed E-state index contributed by atoms with van der Waals surface area (Å²) in [5.74, 6) is 0. The highest BCUT2D eigenvalue weighted by molar-refractivity contribution is 6.28. The Morgan fingerprint density at radius 3 is 1.80 bits per heavy atom. The minimum absolute atomic E-state index is 0.952. The van der Waals surface area contributed by atoms with Crippen LogP contribution in [0.4, 0.5) is 0 Å². The third-order valence-electron chi connectivity index (χ3n) is 12.6. The molecule has 0 aliphatic heterocycles. The van der Waals surface area contributed by atoms with Crippen LogP contribution in [0.5, 0.6) is 0 Å². The first-order valence-corrected chi connectivity index (χ1v) is 21.6. The fourth-order valence-corrected chi connectivity index (χ4v) is 10.1. The van der Waals surface area contributed by atoms with Crippen LogP contribution in [0.15, 0.2) is 181 Å². The number of hydrogen-bond donors (Lipinski definition) is 0. The second-order valence-electron chi connectivity index (χ2n) is 15.6. The molecule has 0 unspecified atom stereocenters. The van der Waals surface area contributed by atoms with Gasteiger partial charge >= 0.3 is 0 Å². The van der Waals surface area contributed by atoms with E-state index in [-0.39, 0.29) is 0 Å². The van der Waals surface area contributed by atoms with Crippen LogP contribution in [0.2, 0.25) is 0 Å². The summed E-state index contributed by atoms with van der Waals surface area (Å²) in [6.07, 6.45) is 14.4. The highest BCUT2D eigenvalue weighted by atomic mass is 14.3. The van der Waals surface area contributed by atoms with Crippen molar-refractivity contribution in [1.29, 1.82) is 0 Å². The second kappa shape index (κ2) is 16.0. The molecule has 0 amide bonds. The molecule has 0 radical (unpaired) electrons. The molecule has 288 valence electrons. The van der Waals surface area contributed by atoms with Gasteiger partial charge in [0.1, 0.15) is 0 Å². The third kappa shape index (κ3) is 6.13. The number of allylic oxidation sites excluding steroid dienone is 8. The fraction of sp³-hybridized carbons (Fsp3) is 0.153. The summed E-state index contributed by atoms with van der Waals surface area (Å²) in [5, 5.41) is 8.05. The Morgan fingerprint density at radius 2 is 1.07 bits per heavy atom. The zero-order valence-electron chi connectivity index (χ0n) is 35.3. The van der Waals surface area contributed by atoms with Gasteiger partial charge in [0.05, 0.1) is 0 Å². The minimum Gasteiger partial charge on any atom is -0.0877 e. The molecular formula is C59H52. The normalized spacial score (nSPS) is 13.4. The summed E-state index contributed by atoms with van der Waals surface area (Å²) in [6.45, 7) is 12.8. The Bertz CT molecular complexity index is 3040. The molecular weight excluding hydrogens is 709 g/mol. The van der Waals surface area contributed by atoms with Crippen LogP contribution in [0.1, 0.15) is 64.7 Å². The molecule has 0 atom stereocenters. The topological polar surface area (TPSA) is 0 Å². The third-order valence-corrected chi connectivity index (χ3v) is 12.6. The lowest BCUT2D eigenvalue weighted by Crippen LogP contribution is -1.99. The van der Waals surface area contributed by atoms with Crippen molar-refractivity contribution in [2.24, 2.45) is 0 Å². The number of hydrogen-bond acceptors (Lipinski definition) is 0. The molecule has 0 fully saturated rings. The van der Waals surface area contributed by atoms with Crippen LogP contribution in [0.3, 0.4) is 0 Å². The van der Waals surface area contributed by atoms with Gasteiger partial charge in [0, 0.05) is 0 Å². The summed E-state index contributed by atoms with van der Waals surface area (Å²) in [7, 11) is 0. The monoisotopic (exact) mass is 760 g/mol. The van der Waals surface area contributed by atoms with Crippen molar-refractivity contribution in [1.82, 2.24) is 0 Å². The van der Waals surface area contributed by atoms with Gasteiger partial charge in [-0.2, -0.15) is 0 Å². The molecule has 0 heterocycles. The maximum Gasteiger partial charge on any atom is -0.000719 e. The van der Waals surface area contributed by atoms with Crippen LogP contribution in [0.25, 0.3) is 93.5 Å². The Balaban J connectivity index is 0.00000221. The first-order valence-electron chi connectivity index (χ1n) is 21.6. The smallest absolute Gasteiger partial charge is 0.000719 e. The van der Waals surface area contributed by atoms with Gasteiger partial charge < -0.3 is 0 Å². The second-order valence-corrected chi connectivity index (χ2v) is 15.6. The largest absolute Gasteiger partial charge is 0.0877 e. The molecule has 2 aliphatic carbocycles. The summed E-state index contributed by atoms with van der Waals surface area (Å²) in [6, 6.07) is 52.7. The zero-order valence-corrected chi connectivity index (χ0v) is 35.3. The molecule has 0 nitrogen and oxygen atoms in total. The Morgan fingerprint density at radius 1 is 0.492 bits per heavy atom. The average molecular weight is 761 g/mol. The van der Waals surface area contributed by atoms with Gasteiger partial charge in [-0.15, -0.1) is 0 Å². The van der Waals surface area contributed by atoms with Crippen LogP contribution < -0.4 is 0 Å². The first kappa shape index (κ1) is 38.0. The summed E-state index contributed by atoms with van der Waals surface area (Å²) < 4.78 is 0. The van der Waals surface area contributed by atoms with Gasteiger partial charge in [-0.25, -0.2) is 0 Å². The highest BCUT2D eigenvalue weighted by Gasteiger charge is 2.33. The maximum atomic E-state index is 2.44. The van der Waals surface area contributed by atoms with Gasteiger partial charge in [-0.05, 0) is 161 Å². The van der Waals surface area contributed by atoms with Gasteiger partial charge in [-0.1, -0.05) is 191 Å². The van der Waals surface area contributed by atoms with Crippen molar-refractivity contribution in [3.05, 3.63) is 198 Å². The van der Waals surface area contributed by atoms with Gasteiger partial charge in [0.15, 0.2) is 0 Å². The lowest BCUT2D eigenvalue weighted by molar-refractivity contribution is 1.02. The number of rotatable bonds is 8. The van der Waals surface area contributed by atoms with E-state index in [1.165, 1.54) is 121 Å². The van der Waals surface area contributed by atoms with Crippen molar-refractivity contribution >= 4 is 37.9 Å². The molecule has 8 aromatic rings. The van der Waals surface area contributed by atoms with E-state index in [9.17, 15) is 0 Å². The van der Waals surface area contributed by atoms with E-state index >= 15 is 0 Å². The maximum absolute atomic E-state index is 2.44. The number of benzene rings is 8. The summed E-state index contributed by atoms with van der Waals surface area (Å²) in [4.78, 5) is 0. The summed E-state index contributed by atoms with van der Waals surface area (Å²) in [5.41, 5.74) is 21.2. The van der Waals surface area contributed by atoms with Crippen molar-refractivity contribution in [3.8, 4) is 55.6 Å². The van der Waals surface area contributed by atoms with E-state index in [0.717, 1.165) is 19.3 Å². The summed E-state index contributed by atoms with van der Waals surface area (Å²) >= 11 is 0. The minimum atomic E-state index is 0.952. The van der Waals surface area contributed by atoms with Crippen LogP contribution in [-0.4, -0.2) is 0 Å². The van der Waals surface area contributed by atoms with E-state index in [0.29, 0.717) is 0 Å². The van der Waals surface area contributed by atoms with E-state index in [4.69, 9.17) is 0 Å². The molecule has 10 rings (SSSR count). The first-order chi connectivity index (χ1) is 29.1. The van der Waals surface area contributed by atoms with Gasteiger partial charge in [0.2, 0.25) is 0 Å². The molecule has 0 heteroatoms. The predicted molar refractivity (Wildman–Crippen MR) is 259 cm³/mol. The average Bonchev–Trinajstić information content (AvgIpc) is 3.87. The molecule has 0 bridgehead atoms. The van der Waals surface area contributed by atoms with Gasteiger partial charge in [0.25, 0.3) is 0 Å². The molecule has 0 spiro atoms. The van der Waals surface area contributed by atoms with Crippen LogP contribution in [0, 0.1) is 0 Å². The zero-order chi connectivity index (χ0) is 40.6. The molecule has 59 heavy (non-hydrogen) atoms. The SMILES string of the molecule is CC.C\C=C/C=C(CC)/C(C)=C(/C=C\C)c1c2c(c(-c3ccccc3-c3ccccc3)c3ccccc13)-c1cccc3c(-c4ccc5c6c(cccc46)CC5)ccc-2c13. The van der Waals surface area contributed by atoms with Crippen molar-refractivity contribution in [2.75, 3.05) is 0 Å². The number of aryl methyl sites for hydroxylation is 2. The molecule has 0 saturated heterocycles. The molecule has 2 aliphatic rings. The van der Waals surface area contributed by atoms with E-state index in [1.807, 2.05) is 13.8 Å². The van der Waals surface area contributed by atoms with E-state index < -0.39 is 0 Å². The van der Waals surface area contributed by atoms with Crippen molar-refractivity contribution < 1.29 is 0 Å². The lowest BCUT2D eigenvalue weighted by Gasteiger charge is -2.23. The van der Waals surface area contributed by atoms with E-state index in [1.54, 1.807) is 0 Å². The van der Waals surface area contributed by atoms with Crippen molar-refractivity contribution in [2.45, 2.75) is 60.8 Å². The lowest BCUT2D eigenvalue weighted by atomic mass is 9.79. The number of fused-ring (bicyclic) bond motifs is 4. The van der Waals surface area contributed by atoms with Crippen LogP contribution >= 0.6 is 0 Å². The molecule has 0 N–H and O–H groups in total. The van der Waals surface area contributed by atoms with Crippen molar-refractivity contribution in [3.63, 3.8) is 0 Å². The predicted octanol–water partition coefficient (Wildman–Crippen LogP) is 17.2. The molecule has 0 aromatic heterocycles. The molecule has 0 saturated carbocycles. The highest BCUT2D eigenvalue weighted by Crippen LogP contribution is 2.59. The Labute approximate surface area is 350 Å². The van der Waals surface area contributed by atoms with E-state index in [2.05, 4.69) is 198 Å². The Hall–Kier alpha value is -6.50. The Kier molecular flexibility index (Phi) is 10.3. The quantitative estimate of drug-likeness (QED) is 0.135.